The molecule has 2 aliphatic carbocycles. The lowest BCUT2D eigenvalue weighted by atomic mass is 9.69. The van der Waals surface area contributed by atoms with E-state index in [0.29, 0.717) is 66.3 Å². The predicted octanol–water partition coefficient (Wildman–Crippen LogP) is 4.21. The van der Waals surface area contributed by atoms with Gasteiger partial charge in [0.2, 0.25) is 0 Å². The number of carbonyl (C=O) groups excluding carboxylic acids is 1. The van der Waals surface area contributed by atoms with Crippen molar-refractivity contribution in [2.24, 2.45) is 5.92 Å². The van der Waals surface area contributed by atoms with Gasteiger partial charge in [-0.15, -0.1) is 0 Å². The van der Waals surface area contributed by atoms with Gasteiger partial charge in [-0.1, -0.05) is 17.7 Å². The molecule has 3 aromatic heterocycles. The topological polar surface area (TPSA) is 196 Å². The Morgan fingerprint density at radius 1 is 1.15 bits per heavy atom. The van der Waals surface area contributed by atoms with Gasteiger partial charge >= 0.3 is 5.97 Å². The van der Waals surface area contributed by atoms with Crippen LogP contribution in [0.4, 0.5) is 11.6 Å². The van der Waals surface area contributed by atoms with Crippen molar-refractivity contribution in [3.8, 4) is 11.5 Å². The van der Waals surface area contributed by atoms with Crippen molar-refractivity contribution in [3.63, 3.8) is 0 Å². The molecule has 2 aliphatic heterocycles. The van der Waals surface area contributed by atoms with Crippen LogP contribution in [0.1, 0.15) is 65.8 Å². The maximum Gasteiger partial charge on any atom is 0.334 e. The van der Waals surface area contributed by atoms with Gasteiger partial charge < -0.3 is 40.9 Å². The van der Waals surface area contributed by atoms with Crippen LogP contribution in [0.3, 0.4) is 0 Å². The Balaban J connectivity index is 1.44. The lowest BCUT2D eigenvalue weighted by Crippen LogP contribution is -2.57. The largest absolute Gasteiger partial charge is 0.507 e. The molecule has 0 radical (unpaired) electrons. The number of ether oxygens (including phenoxy) is 2. The quantitative estimate of drug-likeness (QED) is 0.142. The summed E-state index contributed by atoms with van der Waals surface area (Å²) in [5.41, 5.74) is 19.5. The summed E-state index contributed by atoms with van der Waals surface area (Å²) in [6.07, 6.45) is 8.97. The second-order valence-corrected chi connectivity index (χ2v) is 14.2. The predicted molar refractivity (Wildman–Crippen MR) is 196 cm³/mol. The van der Waals surface area contributed by atoms with Gasteiger partial charge in [0.1, 0.15) is 52.6 Å². The Bertz CT molecular complexity index is 2340. The number of aliphatic hydroxyl groups excluding tert-OH is 1. The Hall–Kier alpha value is -5.46. The van der Waals surface area contributed by atoms with Crippen molar-refractivity contribution >= 4 is 34.1 Å². The second-order valence-electron chi connectivity index (χ2n) is 14.2. The zero-order chi connectivity index (χ0) is 36.5. The molecular weight excluding hydrogens is 662 g/mol. The molecule has 52 heavy (non-hydrogen) atoms. The molecule has 0 amide bonds. The highest BCUT2D eigenvalue weighted by atomic mass is 16.6. The van der Waals surface area contributed by atoms with Crippen LogP contribution >= 0.6 is 0 Å². The van der Waals surface area contributed by atoms with Gasteiger partial charge in [-0.05, 0) is 93.1 Å². The number of aromatic nitrogens is 2. The molecule has 1 aromatic carbocycles. The van der Waals surface area contributed by atoms with Gasteiger partial charge in [0.05, 0.1) is 0 Å². The Labute approximate surface area is 299 Å². The first kappa shape index (κ1) is 33.7. The fourth-order valence-corrected chi connectivity index (χ4v) is 8.61. The molecule has 3 atom stereocenters. The minimum atomic E-state index is -1.23. The van der Waals surface area contributed by atoms with Crippen LogP contribution in [-0.2, 0) is 41.8 Å². The third kappa shape index (κ3) is 5.19. The van der Waals surface area contributed by atoms with Crippen molar-refractivity contribution in [3.05, 3.63) is 109 Å². The lowest BCUT2D eigenvalue weighted by Gasteiger charge is -2.48. The number of phenols is 1. The first-order chi connectivity index (χ1) is 25.1. The van der Waals surface area contributed by atoms with Gasteiger partial charge in [0.25, 0.3) is 0 Å². The van der Waals surface area contributed by atoms with Gasteiger partial charge in [0.15, 0.2) is 11.0 Å². The highest BCUT2D eigenvalue weighted by Gasteiger charge is 2.54. The summed E-state index contributed by atoms with van der Waals surface area (Å²) in [6.45, 7) is 3.82. The van der Waals surface area contributed by atoms with Crippen LogP contribution < -0.4 is 26.9 Å². The number of hydrogen-bond acceptors (Lipinski definition) is 12. The molecule has 0 saturated carbocycles. The van der Waals surface area contributed by atoms with Crippen LogP contribution in [0.15, 0.2) is 68.7 Å². The molecular formula is C40H41N5O7. The summed E-state index contributed by atoms with van der Waals surface area (Å²) in [5.74, 6) is -0.0442. The van der Waals surface area contributed by atoms with Crippen molar-refractivity contribution < 1.29 is 28.9 Å². The smallest absolute Gasteiger partial charge is 0.334 e. The van der Waals surface area contributed by atoms with E-state index in [1.165, 1.54) is 11.6 Å². The summed E-state index contributed by atoms with van der Waals surface area (Å²) < 4.78 is 19.9. The fourth-order valence-electron chi connectivity index (χ4n) is 8.61. The SMILES string of the molecule is CC=C(CCNC)C(=O)OC1Cc2c3c(c4oc(CO)cc(=O)c4c2O)Cc2ccnc(N)c2C2=CCC4=C2C(Cc2cnc(N)cc2C4)C1(C)O3. The highest BCUT2D eigenvalue weighted by Crippen LogP contribution is 2.56. The number of anilines is 2. The van der Waals surface area contributed by atoms with Gasteiger partial charge in [-0.25, -0.2) is 14.8 Å². The summed E-state index contributed by atoms with van der Waals surface area (Å²) >= 11 is 0. The minimum absolute atomic E-state index is 0.0398. The number of aliphatic hydroxyl groups is 1. The van der Waals surface area contributed by atoms with Crippen LogP contribution in [0, 0.1) is 5.92 Å². The number of carbonyl (C=O) groups is 1. The van der Waals surface area contributed by atoms with Crippen molar-refractivity contribution in [1.82, 2.24) is 15.3 Å². The number of esters is 1. The number of benzene rings is 1. The van der Waals surface area contributed by atoms with Crippen molar-refractivity contribution in [2.45, 2.75) is 70.7 Å². The van der Waals surface area contributed by atoms with Crippen molar-refractivity contribution in [2.75, 3.05) is 25.1 Å². The number of aromatic hydroxyl groups is 1. The molecule has 268 valence electrons. The number of nitrogen functional groups attached to an aromatic ring is 2. The van der Waals surface area contributed by atoms with Gasteiger partial charge in [-0.2, -0.15) is 0 Å². The zero-order valence-electron chi connectivity index (χ0n) is 29.3. The lowest BCUT2D eigenvalue weighted by molar-refractivity contribution is -0.163. The number of phenolic OH excluding ortho intramolecular Hbond substituents is 1. The van der Waals surface area contributed by atoms with E-state index in [0.717, 1.165) is 33.4 Å². The average Bonchev–Trinajstić information content (AvgIpc) is 3.43. The summed E-state index contributed by atoms with van der Waals surface area (Å²) in [7, 11) is 1.82. The maximum atomic E-state index is 14.0. The molecule has 8 rings (SSSR count). The Morgan fingerprint density at radius 3 is 2.75 bits per heavy atom. The number of hydrogen-bond donors (Lipinski definition) is 5. The average molecular weight is 704 g/mol. The van der Waals surface area contributed by atoms with Crippen LogP contribution in [0.5, 0.6) is 11.5 Å². The molecule has 0 fully saturated rings. The Morgan fingerprint density at radius 2 is 1.98 bits per heavy atom. The molecule has 5 heterocycles. The molecule has 12 heteroatoms. The van der Waals surface area contributed by atoms with Crippen LogP contribution in [-0.4, -0.2) is 51.4 Å². The molecule has 3 unspecified atom stereocenters. The minimum Gasteiger partial charge on any atom is -0.507 e. The monoisotopic (exact) mass is 703 g/mol. The first-order valence-electron chi connectivity index (χ1n) is 17.6. The number of nitrogens with zero attached hydrogens (tertiary/aromatic N) is 2. The number of pyridine rings is 2. The second kappa shape index (κ2) is 12.6. The van der Waals surface area contributed by atoms with E-state index >= 15 is 0 Å². The maximum absolute atomic E-state index is 14.0. The Kier molecular flexibility index (Phi) is 8.19. The van der Waals surface area contributed by atoms with E-state index in [1.807, 2.05) is 32.3 Å². The van der Waals surface area contributed by atoms with E-state index in [1.54, 1.807) is 19.2 Å². The van der Waals surface area contributed by atoms with E-state index in [9.17, 15) is 19.8 Å². The van der Waals surface area contributed by atoms with E-state index < -0.39 is 35.6 Å². The summed E-state index contributed by atoms with van der Waals surface area (Å²) in [4.78, 5) is 36.6. The number of nitrogens with two attached hydrogens (primary N) is 2. The third-order valence-corrected chi connectivity index (χ3v) is 11.3. The third-order valence-electron chi connectivity index (χ3n) is 11.3. The van der Waals surface area contributed by atoms with E-state index in [-0.39, 0.29) is 35.3 Å². The highest BCUT2D eigenvalue weighted by molar-refractivity contribution is 5.94. The standard InChI is InChI=1S/C40H41N5O7/c1-4-19(7-9-43-3)39(49)51-30-16-26-35(48)34-29(47)15-24(18-46)50-37(34)27-12-21-8-10-44-38(42)33(21)25-6-5-20-11-22-14-31(41)45-17-23(22)13-28(32(20)25)40(30,2)52-36(26)27/h4,6,8,10,14-15,17,28,30,43,46,48H,5,7,9,11-13,16,18H2,1-3H3,(H2,41,45)(H2,42,44). The number of rotatable bonds is 6. The zero-order valence-corrected chi connectivity index (χ0v) is 29.3. The summed E-state index contributed by atoms with van der Waals surface area (Å²) in [6, 6.07) is 4.99. The van der Waals surface area contributed by atoms with E-state index in [2.05, 4.69) is 21.4 Å². The fraction of sp³-hybridized carbons (Fsp3) is 0.350. The molecule has 4 aromatic rings. The van der Waals surface area contributed by atoms with Gasteiger partial charge in [-0.3, -0.25) is 4.79 Å². The molecule has 0 saturated heterocycles. The molecule has 2 bridgehead atoms. The number of fused-ring (bicyclic) bond motifs is 7. The molecule has 7 N–H and O–H groups in total. The normalized spacial score (nSPS) is 21.8. The van der Waals surface area contributed by atoms with E-state index in [4.69, 9.17) is 25.4 Å². The molecule has 12 nitrogen and oxygen atoms in total. The number of nitrogens with one attached hydrogen (secondary N) is 1. The van der Waals surface area contributed by atoms with Crippen LogP contribution in [0.2, 0.25) is 0 Å². The summed E-state index contributed by atoms with van der Waals surface area (Å²) in [5, 5.41) is 25.0. The van der Waals surface area contributed by atoms with Crippen molar-refractivity contribution in [1.29, 1.82) is 0 Å². The first-order valence-corrected chi connectivity index (χ1v) is 17.6. The van der Waals surface area contributed by atoms with Crippen LogP contribution in [0.25, 0.3) is 16.5 Å². The molecule has 4 aliphatic rings. The number of allylic oxidation sites excluding steroid dienone is 4. The van der Waals surface area contributed by atoms with Gasteiger partial charge in [0, 0.05) is 59.5 Å². The molecule has 0 spiro atoms.